The molecule has 9 heavy (non-hydrogen) atoms. The molecule has 52 valence electrons. The van der Waals surface area contributed by atoms with Gasteiger partial charge in [-0.1, -0.05) is 0 Å². The Morgan fingerprint density at radius 3 is 3.11 bits per heavy atom. The minimum Gasteiger partial charge on any atom is -0.306 e. The fourth-order valence-corrected chi connectivity index (χ4v) is 2.00. The van der Waals surface area contributed by atoms with Crippen molar-refractivity contribution < 1.29 is 0 Å². The second kappa shape index (κ2) is 1.98. The van der Waals surface area contributed by atoms with Crippen LogP contribution < -0.4 is 0 Å². The van der Waals surface area contributed by atoms with Crippen LogP contribution in [0.2, 0.25) is 0 Å². The third-order valence-electron chi connectivity index (χ3n) is 2.73. The van der Waals surface area contributed by atoms with Gasteiger partial charge >= 0.3 is 0 Å². The zero-order valence-electron chi connectivity index (χ0n) is 6.14. The van der Waals surface area contributed by atoms with E-state index in [1.807, 2.05) is 0 Å². The topological polar surface area (TPSA) is 3.24 Å². The van der Waals surface area contributed by atoms with Crippen molar-refractivity contribution in [2.75, 3.05) is 20.1 Å². The van der Waals surface area contributed by atoms with E-state index in [0.29, 0.717) is 0 Å². The molecule has 1 aliphatic heterocycles. The van der Waals surface area contributed by atoms with Crippen LogP contribution in [-0.2, 0) is 0 Å². The van der Waals surface area contributed by atoms with E-state index < -0.39 is 0 Å². The number of fused-ring (bicyclic) bond motifs is 1. The van der Waals surface area contributed by atoms with Crippen LogP contribution in [0.4, 0.5) is 0 Å². The molecule has 0 aromatic carbocycles. The maximum Gasteiger partial charge on any atom is 0.000936 e. The van der Waals surface area contributed by atoms with Crippen molar-refractivity contribution in [2.24, 2.45) is 11.8 Å². The molecule has 1 nitrogen and oxygen atoms in total. The zero-order valence-corrected chi connectivity index (χ0v) is 6.14. The van der Waals surface area contributed by atoms with E-state index in [1.165, 1.54) is 32.4 Å². The zero-order chi connectivity index (χ0) is 6.27. The lowest BCUT2D eigenvalue weighted by Crippen LogP contribution is -2.20. The van der Waals surface area contributed by atoms with Gasteiger partial charge in [0, 0.05) is 6.54 Å². The van der Waals surface area contributed by atoms with E-state index in [9.17, 15) is 0 Å². The molecule has 0 amide bonds. The van der Waals surface area contributed by atoms with E-state index in [-0.39, 0.29) is 0 Å². The molecule has 2 unspecified atom stereocenters. The van der Waals surface area contributed by atoms with Crippen molar-refractivity contribution in [3.8, 4) is 0 Å². The SMILES string of the molecule is CN1CCCC2CC2C1. The maximum atomic E-state index is 2.48. The molecule has 1 aliphatic carbocycles. The van der Waals surface area contributed by atoms with Crippen molar-refractivity contribution in [2.45, 2.75) is 19.3 Å². The standard InChI is InChI=1S/C8H15N/c1-9-4-2-3-7-5-8(7)6-9/h7-8H,2-6H2,1H3. The molecule has 2 atom stereocenters. The lowest BCUT2D eigenvalue weighted by Gasteiger charge is -2.12. The van der Waals surface area contributed by atoms with Gasteiger partial charge in [-0.25, -0.2) is 0 Å². The fraction of sp³-hybridized carbons (Fsp3) is 1.00. The third kappa shape index (κ3) is 1.11. The highest BCUT2D eigenvalue weighted by molar-refractivity contribution is 4.90. The summed E-state index contributed by atoms with van der Waals surface area (Å²) in [5, 5.41) is 0. The Morgan fingerprint density at radius 2 is 2.22 bits per heavy atom. The number of nitrogens with zero attached hydrogens (tertiary/aromatic N) is 1. The molecule has 2 fully saturated rings. The summed E-state index contributed by atoms with van der Waals surface area (Å²) in [7, 11) is 2.25. The Kier molecular flexibility index (Phi) is 1.26. The summed E-state index contributed by atoms with van der Waals surface area (Å²) in [4.78, 5) is 2.48. The minimum atomic E-state index is 1.09. The van der Waals surface area contributed by atoms with Gasteiger partial charge in [-0.15, -0.1) is 0 Å². The van der Waals surface area contributed by atoms with E-state index in [4.69, 9.17) is 0 Å². The molecule has 1 heteroatoms. The van der Waals surface area contributed by atoms with E-state index >= 15 is 0 Å². The first-order valence-electron chi connectivity index (χ1n) is 4.05. The molecule has 0 N–H and O–H groups in total. The molecule has 0 aromatic rings. The summed E-state index contributed by atoms with van der Waals surface area (Å²) in [6, 6.07) is 0. The summed E-state index contributed by atoms with van der Waals surface area (Å²) in [6.07, 6.45) is 4.48. The number of hydrogen-bond donors (Lipinski definition) is 0. The minimum absolute atomic E-state index is 1.09. The average molecular weight is 125 g/mol. The lowest BCUT2D eigenvalue weighted by atomic mass is 10.2. The molecule has 1 saturated carbocycles. The number of rotatable bonds is 0. The molecule has 0 bridgehead atoms. The van der Waals surface area contributed by atoms with Gasteiger partial charge in [-0.05, 0) is 44.7 Å². The summed E-state index contributed by atoms with van der Waals surface area (Å²) < 4.78 is 0. The molecule has 0 radical (unpaired) electrons. The highest BCUT2D eigenvalue weighted by atomic mass is 15.1. The smallest absolute Gasteiger partial charge is 0.000936 e. The Labute approximate surface area is 57.0 Å². The van der Waals surface area contributed by atoms with E-state index in [1.54, 1.807) is 0 Å². The van der Waals surface area contributed by atoms with Crippen LogP contribution in [0.1, 0.15) is 19.3 Å². The van der Waals surface area contributed by atoms with Crippen LogP contribution in [0.15, 0.2) is 0 Å². The average Bonchev–Trinajstić information content (AvgIpc) is 2.43. The van der Waals surface area contributed by atoms with Gasteiger partial charge in [0.2, 0.25) is 0 Å². The molecule has 1 heterocycles. The van der Waals surface area contributed by atoms with Crippen molar-refractivity contribution >= 4 is 0 Å². The predicted octanol–water partition coefficient (Wildman–Crippen LogP) is 1.35. The van der Waals surface area contributed by atoms with Gasteiger partial charge in [0.05, 0.1) is 0 Å². The monoisotopic (exact) mass is 125 g/mol. The van der Waals surface area contributed by atoms with Crippen molar-refractivity contribution in [1.29, 1.82) is 0 Å². The van der Waals surface area contributed by atoms with Crippen molar-refractivity contribution in [1.82, 2.24) is 4.90 Å². The van der Waals surface area contributed by atoms with Crippen LogP contribution in [0, 0.1) is 11.8 Å². The first-order valence-corrected chi connectivity index (χ1v) is 4.05. The molecular formula is C8H15N. The molecule has 1 saturated heterocycles. The molecule has 0 spiro atoms. The molecule has 2 rings (SSSR count). The highest BCUT2D eigenvalue weighted by Crippen LogP contribution is 2.43. The van der Waals surface area contributed by atoms with Crippen LogP contribution in [-0.4, -0.2) is 25.0 Å². The van der Waals surface area contributed by atoms with Crippen LogP contribution >= 0.6 is 0 Å². The summed E-state index contributed by atoms with van der Waals surface area (Å²) in [5.74, 6) is 2.23. The van der Waals surface area contributed by atoms with E-state index in [2.05, 4.69) is 11.9 Å². The van der Waals surface area contributed by atoms with E-state index in [0.717, 1.165) is 11.8 Å². The molecule has 2 aliphatic rings. The number of likely N-dealkylation sites (tertiary alicyclic amines) is 1. The van der Waals surface area contributed by atoms with Gasteiger partial charge < -0.3 is 4.90 Å². The Balaban J connectivity index is 1.92. The van der Waals surface area contributed by atoms with Gasteiger partial charge in [0.1, 0.15) is 0 Å². The fourth-order valence-electron chi connectivity index (χ4n) is 2.00. The normalized spacial score (nSPS) is 43.7. The maximum absolute atomic E-state index is 2.48. The number of hydrogen-bond acceptors (Lipinski definition) is 1. The van der Waals surface area contributed by atoms with Crippen LogP contribution in [0.5, 0.6) is 0 Å². The van der Waals surface area contributed by atoms with Gasteiger partial charge in [-0.3, -0.25) is 0 Å². The summed E-state index contributed by atoms with van der Waals surface area (Å²) in [6.45, 7) is 2.72. The highest BCUT2D eigenvalue weighted by Gasteiger charge is 2.38. The predicted molar refractivity (Wildman–Crippen MR) is 38.3 cm³/mol. The largest absolute Gasteiger partial charge is 0.306 e. The second-order valence-electron chi connectivity index (χ2n) is 3.66. The lowest BCUT2D eigenvalue weighted by molar-refractivity contribution is 0.331. The molecular weight excluding hydrogens is 110 g/mol. The molecule has 0 aromatic heterocycles. The van der Waals surface area contributed by atoms with Crippen LogP contribution in [0.3, 0.4) is 0 Å². The summed E-state index contributed by atoms with van der Waals surface area (Å²) >= 11 is 0. The Morgan fingerprint density at radius 1 is 1.33 bits per heavy atom. The quantitative estimate of drug-likeness (QED) is 0.472. The summed E-state index contributed by atoms with van der Waals surface area (Å²) in [5.41, 5.74) is 0. The first kappa shape index (κ1) is 5.72. The van der Waals surface area contributed by atoms with Crippen LogP contribution in [0.25, 0.3) is 0 Å². The van der Waals surface area contributed by atoms with Crippen molar-refractivity contribution in [3.05, 3.63) is 0 Å². The van der Waals surface area contributed by atoms with Crippen molar-refractivity contribution in [3.63, 3.8) is 0 Å². The third-order valence-corrected chi connectivity index (χ3v) is 2.73. The van der Waals surface area contributed by atoms with Gasteiger partial charge in [0.15, 0.2) is 0 Å². The van der Waals surface area contributed by atoms with Gasteiger partial charge in [0.25, 0.3) is 0 Å². The Bertz CT molecular complexity index is 111. The second-order valence-corrected chi connectivity index (χ2v) is 3.66. The Hall–Kier alpha value is -0.0400. The van der Waals surface area contributed by atoms with Gasteiger partial charge in [-0.2, -0.15) is 0 Å². The first-order chi connectivity index (χ1) is 4.36.